The Bertz CT molecular complexity index is 1540. The molecule has 2 atom stereocenters. The van der Waals surface area contributed by atoms with Gasteiger partial charge < -0.3 is 9.80 Å². The quantitative estimate of drug-likeness (QED) is 0.0734. The van der Waals surface area contributed by atoms with Crippen LogP contribution in [0.2, 0.25) is 0 Å². The molecule has 6 heteroatoms. The molecule has 0 saturated heterocycles. The number of hydrogen-bond donors (Lipinski definition) is 0. The van der Waals surface area contributed by atoms with Crippen molar-refractivity contribution in [1.82, 2.24) is 9.80 Å². The van der Waals surface area contributed by atoms with Gasteiger partial charge in [0.05, 0.1) is 32.3 Å². The summed E-state index contributed by atoms with van der Waals surface area (Å²) in [5.74, 6) is 0.948. The fraction of sp³-hybridized carbons (Fsp3) is 0.741. The number of unbranched alkanes of at least 4 members (excludes halogenated alkanes) is 16. The van der Waals surface area contributed by atoms with E-state index in [9.17, 15) is 0 Å². The molecule has 0 fully saturated rings. The molecule has 0 N–H and O–H groups in total. The zero-order chi connectivity index (χ0) is 43.7. The average molecular weight is 861 g/mol. The van der Waals surface area contributed by atoms with Crippen molar-refractivity contribution in [1.29, 1.82) is 0 Å². The molecule has 2 amide bonds. The second-order valence-corrected chi connectivity index (χ2v) is 22.8. The lowest BCUT2D eigenvalue weighted by Gasteiger charge is -2.29. The summed E-state index contributed by atoms with van der Waals surface area (Å²) in [6.45, 7) is 24.1. The maximum Gasteiger partial charge on any atom is 0.261 e. The Morgan fingerprint density at radius 3 is 1.00 bits per heavy atom. The summed E-state index contributed by atoms with van der Waals surface area (Å²) in [6.07, 6.45) is 29.9. The lowest BCUT2D eigenvalue weighted by Crippen LogP contribution is -2.34. The number of carbonyl (C=O) groups excluding carboxylic acids is 2. The smallest absolute Gasteiger partial charge is 0.261 e. The predicted molar refractivity (Wildman–Crippen MR) is 264 cm³/mol. The summed E-state index contributed by atoms with van der Waals surface area (Å²) in [4.78, 5) is 39.9. The summed E-state index contributed by atoms with van der Waals surface area (Å²) in [6, 6.07) is 8.93. The monoisotopic (exact) mass is 861 g/mol. The molecule has 4 nitrogen and oxygen atoms in total. The largest absolute Gasteiger partial charge is 0.306 e. The highest BCUT2D eigenvalue weighted by molar-refractivity contribution is 7.13. The molecule has 0 radical (unpaired) electrons. The van der Waals surface area contributed by atoms with Crippen LogP contribution in [0, 0.1) is 11.8 Å². The van der Waals surface area contributed by atoms with Crippen LogP contribution in [-0.2, 0) is 20.4 Å². The van der Waals surface area contributed by atoms with E-state index in [4.69, 9.17) is 0 Å². The van der Waals surface area contributed by atoms with E-state index in [0.717, 1.165) is 46.8 Å². The molecule has 2 unspecified atom stereocenters. The topological polar surface area (TPSA) is 40.6 Å². The van der Waals surface area contributed by atoms with Gasteiger partial charge >= 0.3 is 0 Å². The second-order valence-electron chi connectivity index (χ2n) is 20.7. The predicted octanol–water partition coefficient (Wildman–Crippen LogP) is 16.9. The second kappa shape index (κ2) is 25.2. The van der Waals surface area contributed by atoms with E-state index >= 15 is 9.59 Å². The van der Waals surface area contributed by atoms with Crippen LogP contribution in [0.25, 0.3) is 11.4 Å². The van der Waals surface area contributed by atoms with Crippen LogP contribution in [0.5, 0.6) is 0 Å². The molecule has 338 valence electrons. The standard InChI is InChI=1S/C54H88N2O2S2/c1-11-15-19-23-25-29-33-41(31-27-21-17-13-3)39-55-49(43-35-37-45(59-43)53(5,6)7)47-48(51(55)57)50(44-36-38-46(60-44)54(8,9)10)56(52(47)58)40-42(32-28-22-18-14-4)34-30-26-24-20-16-12-2/h35-38,41-42H,11-34,39-40H2,1-10H3. The Kier molecular flexibility index (Phi) is 21.2. The number of nitrogens with zero attached hydrogens (tertiary/aromatic N) is 2. The fourth-order valence-electron chi connectivity index (χ4n) is 9.31. The maximum atomic E-state index is 15.5. The first-order chi connectivity index (χ1) is 28.8. The summed E-state index contributed by atoms with van der Waals surface area (Å²) in [7, 11) is 0. The van der Waals surface area contributed by atoms with Gasteiger partial charge in [-0.25, -0.2) is 0 Å². The van der Waals surface area contributed by atoms with Gasteiger partial charge in [0.15, 0.2) is 0 Å². The number of thiophene rings is 2. The Labute approximate surface area is 377 Å². The van der Waals surface area contributed by atoms with Gasteiger partial charge in [-0.05, 0) is 72.6 Å². The van der Waals surface area contributed by atoms with Gasteiger partial charge in [0.25, 0.3) is 11.8 Å². The van der Waals surface area contributed by atoms with Crippen molar-refractivity contribution in [3.05, 3.63) is 54.9 Å². The van der Waals surface area contributed by atoms with E-state index < -0.39 is 0 Å². The van der Waals surface area contributed by atoms with E-state index in [2.05, 4.69) is 103 Å². The van der Waals surface area contributed by atoms with Crippen molar-refractivity contribution in [2.24, 2.45) is 11.8 Å². The number of hydrogen-bond acceptors (Lipinski definition) is 4. The molecule has 0 spiro atoms. The van der Waals surface area contributed by atoms with Crippen LogP contribution in [0.3, 0.4) is 0 Å². The third-order valence-corrected chi connectivity index (χ3v) is 16.1. The average Bonchev–Trinajstić information content (AvgIpc) is 4.00. The van der Waals surface area contributed by atoms with Crippen molar-refractivity contribution < 1.29 is 9.59 Å². The summed E-state index contributed by atoms with van der Waals surface area (Å²) in [5.41, 5.74) is 3.11. The molecule has 0 bridgehead atoms. The molecule has 0 saturated carbocycles. The Morgan fingerprint density at radius 1 is 0.433 bits per heavy atom. The zero-order valence-corrected chi connectivity index (χ0v) is 42.0. The summed E-state index contributed by atoms with van der Waals surface area (Å²) < 4.78 is 0. The van der Waals surface area contributed by atoms with Crippen molar-refractivity contribution in [2.75, 3.05) is 13.1 Å². The third-order valence-electron chi connectivity index (χ3n) is 13.1. The van der Waals surface area contributed by atoms with Gasteiger partial charge in [0.1, 0.15) is 0 Å². The lowest BCUT2D eigenvalue weighted by molar-refractivity contribution is -0.124. The van der Waals surface area contributed by atoms with E-state index in [1.165, 1.54) is 138 Å². The normalized spacial score (nSPS) is 16.0. The number of fused-ring (bicyclic) bond motifs is 1. The first-order valence-electron chi connectivity index (χ1n) is 25.1. The zero-order valence-electron chi connectivity index (χ0n) is 40.4. The van der Waals surface area contributed by atoms with E-state index in [1.807, 2.05) is 0 Å². The van der Waals surface area contributed by atoms with Crippen LogP contribution in [-0.4, -0.2) is 34.7 Å². The van der Waals surface area contributed by atoms with Gasteiger partial charge in [-0.3, -0.25) is 9.59 Å². The Morgan fingerprint density at radius 2 is 0.717 bits per heavy atom. The molecule has 2 aliphatic heterocycles. The fourth-order valence-corrected chi connectivity index (χ4v) is 11.6. The SMILES string of the molecule is CCCCCCCCC(CCCCCC)CN1C(=O)C2=C(c3ccc(C(C)(C)C)s3)N(CC(CCCCCC)CCCCCCCC)C(=O)C2=C1c1ccc(C(C)(C)C)s1. The molecular formula is C54H88N2O2S2. The molecule has 4 heterocycles. The van der Waals surface area contributed by atoms with Gasteiger partial charge in [-0.15, -0.1) is 22.7 Å². The van der Waals surface area contributed by atoms with Gasteiger partial charge in [-0.1, -0.05) is 198 Å². The van der Waals surface area contributed by atoms with Crippen molar-refractivity contribution in [2.45, 2.75) is 234 Å². The molecule has 2 aromatic heterocycles. The Balaban J connectivity index is 1.81. The first-order valence-corrected chi connectivity index (χ1v) is 26.7. The number of amides is 2. The van der Waals surface area contributed by atoms with E-state index in [-0.39, 0.29) is 22.6 Å². The number of rotatable bonds is 30. The molecule has 2 aromatic rings. The molecule has 2 aliphatic rings. The van der Waals surface area contributed by atoms with Gasteiger partial charge in [0.2, 0.25) is 0 Å². The molecule has 4 rings (SSSR count). The van der Waals surface area contributed by atoms with Gasteiger partial charge in [0, 0.05) is 22.8 Å². The van der Waals surface area contributed by atoms with Crippen molar-refractivity contribution >= 4 is 45.9 Å². The molecule has 0 aliphatic carbocycles. The summed E-state index contributed by atoms with van der Waals surface area (Å²) >= 11 is 3.57. The molecular weight excluding hydrogens is 773 g/mol. The highest BCUT2D eigenvalue weighted by Gasteiger charge is 2.50. The first kappa shape index (κ1) is 50.5. The molecule has 60 heavy (non-hydrogen) atoms. The van der Waals surface area contributed by atoms with Crippen LogP contribution in [0.4, 0.5) is 0 Å². The Hall–Kier alpha value is -2.18. The minimum absolute atomic E-state index is 0.0153. The van der Waals surface area contributed by atoms with Gasteiger partial charge in [-0.2, -0.15) is 0 Å². The van der Waals surface area contributed by atoms with E-state index in [0.29, 0.717) is 36.1 Å². The minimum atomic E-state index is -0.0153. The highest BCUT2D eigenvalue weighted by Crippen LogP contribution is 2.50. The highest BCUT2D eigenvalue weighted by atomic mass is 32.1. The minimum Gasteiger partial charge on any atom is -0.306 e. The van der Waals surface area contributed by atoms with Crippen LogP contribution in [0.1, 0.15) is 243 Å². The maximum absolute atomic E-state index is 15.5. The number of carbonyl (C=O) groups is 2. The van der Waals surface area contributed by atoms with E-state index in [1.54, 1.807) is 22.7 Å². The summed E-state index contributed by atoms with van der Waals surface area (Å²) in [5, 5.41) is 0. The molecule has 0 aromatic carbocycles. The third kappa shape index (κ3) is 14.4. The van der Waals surface area contributed by atoms with Crippen LogP contribution < -0.4 is 0 Å². The van der Waals surface area contributed by atoms with Crippen LogP contribution >= 0.6 is 22.7 Å². The van der Waals surface area contributed by atoms with Crippen LogP contribution in [0.15, 0.2) is 35.4 Å². The van der Waals surface area contributed by atoms with Crippen molar-refractivity contribution in [3.63, 3.8) is 0 Å². The lowest BCUT2D eigenvalue weighted by atomic mass is 9.93. The van der Waals surface area contributed by atoms with Crippen molar-refractivity contribution in [3.8, 4) is 0 Å².